The van der Waals surface area contributed by atoms with Crippen LogP contribution in [-0.4, -0.2) is 0 Å². The van der Waals surface area contributed by atoms with Crippen LogP contribution in [0.3, 0.4) is 0 Å². The summed E-state index contributed by atoms with van der Waals surface area (Å²) in [5.74, 6) is 0. The second-order valence-corrected chi connectivity index (χ2v) is 9.44. The Morgan fingerprint density at radius 3 is 1.27 bits per heavy atom. The number of nitrogens with zero attached hydrogens (tertiary/aromatic N) is 2. The monoisotopic (exact) mass is 432 g/mol. The highest BCUT2D eigenvalue weighted by Gasteiger charge is 2.51. The number of hydrogen-bond donors (Lipinski definition) is 0. The van der Waals surface area contributed by atoms with Crippen molar-refractivity contribution in [2.24, 2.45) is 0 Å². The Kier molecular flexibility index (Phi) is 4.22. The molecule has 0 amide bonds. The third-order valence-electron chi connectivity index (χ3n) is 7.43. The van der Waals surface area contributed by atoms with Crippen molar-refractivity contribution in [3.8, 4) is 22.3 Å². The van der Waals surface area contributed by atoms with Crippen LogP contribution in [0.1, 0.15) is 31.4 Å². The quantitative estimate of drug-likeness (QED) is 0.347. The lowest BCUT2D eigenvalue weighted by molar-refractivity contribution is 0.0283. The smallest absolute Gasteiger partial charge is 0.0957 e. The molecule has 2 radical (unpaired) electrons. The van der Waals surface area contributed by atoms with Crippen LogP contribution in [0.5, 0.6) is 0 Å². The maximum atomic E-state index is 14.0. The third kappa shape index (κ3) is 2.65. The zero-order chi connectivity index (χ0) is 22.8. The van der Waals surface area contributed by atoms with Crippen LogP contribution in [-0.2, 0) is 21.5 Å². The normalized spacial score (nSPS) is 22.8. The van der Waals surface area contributed by atoms with E-state index in [1.807, 2.05) is 98.8 Å². The van der Waals surface area contributed by atoms with Gasteiger partial charge in [-0.15, -0.1) is 0 Å². The SMILES string of the molecule is CC1(CC2(C)c3ccccc3-c3ccccc3N2[O])c2ccccc2-c2ccccc2N1[O]. The van der Waals surface area contributed by atoms with Gasteiger partial charge in [-0.2, -0.15) is 0 Å². The summed E-state index contributed by atoms with van der Waals surface area (Å²) in [4.78, 5) is 0. The Labute approximate surface area is 193 Å². The Morgan fingerprint density at radius 1 is 0.515 bits per heavy atom. The van der Waals surface area contributed by atoms with E-state index >= 15 is 0 Å². The molecule has 0 bridgehead atoms. The van der Waals surface area contributed by atoms with Crippen LogP contribution in [0.15, 0.2) is 97.1 Å². The molecule has 0 N–H and O–H groups in total. The minimum atomic E-state index is -0.929. The first-order valence-electron chi connectivity index (χ1n) is 11.3. The fourth-order valence-corrected chi connectivity index (χ4v) is 5.89. The summed E-state index contributed by atoms with van der Waals surface area (Å²) < 4.78 is 0. The van der Waals surface area contributed by atoms with Crippen molar-refractivity contribution >= 4 is 11.4 Å². The van der Waals surface area contributed by atoms with Gasteiger partial charge in [0.2, 0.25) is 0 Å². The molecule has 4 aromatic carbocycles. The van der Waals surface area contributed by atoms with Crippen LogP contribution in [0, 0.1) is 0 Å². The highest BCUT2D eigenvalue weighted by atomic mass is 16.5. The molecule has 4 heteroatoms. The Morgan fingerprint density at radius 2 is 0.848 bits per heavy atom. The van der Waals surface area contributed by atoms with E-state index in [0.29, 0.717) is 17.8 Å². The molecule has 4 aromatic rings. The van der Waals surface area contributed by atoms with Crippen molar-refractivity contribution in [3.05, 3.63) is 108 Å². The van der Waals surface area contributed by atoms with Gasteiger partial charge in [0, 0.05) is 17.5 Å². The fraction of sp³-hybridized carbons (Fsp3) is 0.172. The van der Waals surface area contributed by atoms with Gasteiger partial charge < -0.3 is 0 Å². The minimum Gasteiger partial charge on any atom is -0.209 e. The number of fused-ring (bicyclic) bond motifs is 6. The molecule has 2 unspecified atom stereocenters. The van der Waals surface area contributed by atoms with Crippen molar-refractivity contribution < 1.29 is 10.4 Å². The van der Waals surface area contributed by atoms with E-state index in [0.717, 1.165) is 43.5 Å². The van der Waals surface area contributed by atoms with Crippen LogP contribution < -0.4 is 10.1 Å². The van der Waals surface area contributed by atoms with Crippen LogP contribution in [0.25, 0.3) is 22.3 Å². The highest BCUT2D eigenvalue weighted by molar-refractivity contribution is 5.87. The van der Waals surface area contributed by atoms with Gasteiger partial charge in [0.05, 0.1) is 22.5 Å². The summed E-state index contributed by atoms with van der Waals surface area (Å²) in [5.41, 5.74) is 5.28. The predicted molar refractivity (Wildman–Crippen MR) is 129 cm³/mol. The number of benzene rings is 4. The van der Waals surface area contributed by atoms with Gasteiger partial charge >= 0.3 is 0 Å². The van der Waals surface area contributed by atoms with Crippen molar-refractivity contribution in [3.63, 3.8) is 0 Å². The first-order valence-corrected chi connectivity index (χ1v) is 11.3. The van der Waals surface area contributed by atoms with E-state index in [9.17, 15) is 10.4 Å². The van der Waals surface area contributed by atoms with E-state index in [1.54, 1.807) is 0 Å². The molecule has 6 rings (SSSR count). The van der Waals surface area contributed by atoms with E-state index in [4.69, 9.17) is 0 Å². The standard InChI is InChI=1S/C29H24N2O2/c1-28(24-15-7-3-11-20(24)22-13-5-9-17-26(22)30(28)32)19-29(2)25-16-8-4-12-21(25)23-14-6-10-18-27(23)31(29)33/h3-18H,19H2,1-2H3. The highest BCUT2D eigenvalue weighted by Crippen LogP contribution is 2.55. The van der Waals surface area contributed by atoms with E-state index in [-0.39, 0.29) is 0 Å². The van der Waals surface area contributed by atoms with E-state index in [2.05, 4.69) is 12.1 Å². The van der Waals surface area contributed by atoms with Gasteiger partial charge in [0.15, 0.2) is 0 Å². The van der Waals surface area contributed by atoms with Crippen molar-refractivity contribution in [2.45, 2.75) is 31.3 Å². The van der Waals surface area contributed by atoms with Crippen LogP contribution in [0.2, 0.25) is 0 Å². The molecule has 4 nitrogen and oxygen atoms in total. The first kappa shape index (κ1) is 20.0. The molecule has 0 fully saturated rings. The average Bonchev–Trinajstić information content (AvgIpc) is 2.86. The zero-order valence-corrected chi connectivity index (χ0v) is 18.7. The first-order chi connectivity index (χ1) is 15.9. The summed E-state index contributed by atoms with van der Waals surface area (Å²) in [7, 11) is 0. The number of para-hydroxylation sites is 2. The lowest BCUT2D eigenvalue weighted by atomic mass is 9.69. The van der Waals surface area contributed by atoms with Gasteiger partial charge in [-0.05, 0) is 48.2 Å². The molecule has 2 heterocycles. The summed E-state index contributed by atoms with van der Waals surface area (Å²) in [6.07, 6.45) is 0.337. The number of anilines is 2. The Bertz CT molecular complexity index is 1280. The number of hydroxylamine groups is 2. The zero-order valence-electron chi connectivity index (χ0n) is 18.7. The maximum Gasteiger partial charge on any atom is 0.0957 e. The molecule has 0 aromatic heterocycles. The number of hydrogen-bond acceptors (Lipinski definition) is 2. The van der Waals surface area contributed by atoms with Crippen molar-refractivity contribution in [2.75, 3.05) is 10.1 Å². The number of rotatable bonds is 2. The third-order valence-corrected chi connectivity index (χ3v) is 7.43. The molecule has 2 atom stereocenters. The largest absolute Gasteiger partial charge is 0.209 e. The lowest BCUT2D eigenvalue weighted by Gasteiger charge is -2.50. The topological polar surface area (TPSA) is 46.3 Å². The molecule has 2 aliphatic heterocycles. The molecule has 2 aliphatic rings. The second kappa shape index (κ2) is 6.95. The summed E-state index contributed by atoms with van der Waals surface area (Å²) in [5, 5.41) is 30.2. The van der Waals surface area contributed by atoms with Gasteiger partial charge in [-0.3, -0.25) is 0 Å². The Hall–Kier alpha value is -3.60. The summed E-state index contributed by atoms with van der Waals surface area (Å²) >= 11 is 0. The predicted octanol–water partition coefficient (Wildman–Crippen LogP) is 6.87. The van der Waals surface area contributed by atoms with Crippen molar-refractivity contribution in [1.29, 1.82) is 0 Å². The fourth-order valence-electron chi connectivity index (χ4n) is 5.89. The van der Waals surface area contributed by atoms with Crippen LogP contribution >= 0.6 is 0 Å². The molecule has 0 aliphatic carbocycles. The molecule has 162 valence electrons. The lowest BCUT2D eigenvalue weighted by Crippen LogP contribution is -2.53. The molecular formula is C29H24N2O2. The maximum absolute atomic E-state index is 14.0. The van der Waals surface area contributed by atoms with E-state index in [1.165, 1.54) is 0 Å². The van der Waals surface area contributed by atoms with Crippen LogP contribution in [0.4, 0.5) is 11.4 Å². The van der Waals surface area contributed by atoms with E-state index < -0.39 is 11.1 Å². The molecule has 0 saturated heterocycles. The summed E-state index contributed by atoms with van der Waals surface area (Å²) in [6, 6.07) is 31.6. The average molecular weight is 433 g/mol. The van der Waals surface area contributed by atoms with Crippen molar-refractivity contribution in [1.82, 2.24) is 0 Å². The molecule has 0 spiro atoms. The van der Waals surface area contributed by atoms with Gasteiger partial charge in [-0.25, -0.2) is 10.1 Å². The summed E-state index contributed by atoms with van der Waals surface area (Å²) in [6.45, 7) is 3.94. The Balaban J connectivity index is 1.56. The second-order valence-electron chi connectivity index (χ2n) is 9.44. The molecule has 33 heavy (non-hydrogen) atoms. The molecule has 0 saturated carbocycles. The van der Waals surface area contributed by atoms with Gasteiger partial charge in [0.25, 0.3) is 0 Å². The molecular weight excluding hydrogens is 408 g/mol. The minimum absolute atomic E-state index is 0.337. The van der Waals surface area contributed by atoms with Gasteiger partial charge in [0.1, 0.15) is 0 Å². The van der Waals surface area contributed by atoms with Gasteiger partial charge in [-0.1, -0.05) is 95.3 Å².